The Morgan fingerprint density at radius 2 is 1.12 bits per heavy atom. The predicted molar refractivity (Wildman–Crippen MR) is 210 cm³/mol. The summed E-state index contributed by atoms with van der Waals surface area (Å²) in [6, 6.07) is 63.2. The summed E-state index contributed by atoms with van der Waals surface area (Å²) in [5.41, 5.74) is 9.93. The fourth-order valence-corrected chi connectivity index (χ4v) is 8.53. The molecule has 2 aromatic heterocycles. The van der Waals surface area contributed by atoms with E-state index in [0.29, 0.717) is 0 Å². The third-order valence-electron chi connectivity index (χ3n) is 9.66. The zero-order valence-electron chi connectivity index (χ0n) is 26.5. The summed E-state index contributed by atoms with van der Waals surface area (Å²) >= 11 is 1.86. The van der Waals surface area contributed by atoms with Crippen molar-refractivity contribution in [3.63, 3.8) is 0 Å². The van der Waals surface area contributed by atoms with Crippen LogP contribution in [0.25, 0.3) is 75.1 Å². The molecule has 230 valence electrons. The second-order valence-electron chi connectivity index (χ2n) is 12.5. The van der Waals surface area contributed by atoms with Gasteiger partial charge in [0, 0.05) is 43.7 Å². The second-order valence-corrected chi connectivity index (χ2v) is 13.6. The molecule has 3 heteroatoms. The molecule has 0 saturated heterocycles. The summed E-state index contributed by atoms with van der Waals surface area (Å²) in [6.07, 6.45) is 0. The summed E-state index contributed by atoms with van der Waals surface area (Å²) in [4.78, 5) is 2.39. The first-order valence-electron chi connectivity index (χ1n) is 16.6. The van der Waals surface area contributed by atoms with Crippen molar-refractivity contribution in [3.05, 3.63) is 176 Å². The lowest BCUT2D eigenvalue weighted by molar-refractivity contribution is 0.669. The van der Waals surface area contributed by atoms with Crippen molar-refractivity contribution in [2.75, 3.05) is 4.90 Å². The van der Waals surface area contributed by atoms with Gasteiger partial charge in [-0.3, -0.25) is 0 Å². The highest BCUT2D eigenvalue weighted by Crippen LogP contribution is 2.49. The average Bonchev–Trinajstić information content (AvgIpc) is 3.74. The van der Waals surface area contributed by atoms with Crippen LogP contribution in [0.1, 0.15) is 0 Å². The number of fused-ring (bicyclic) bond motifs is 7. The van der Waals surface area contributed by atoms with Gasteiger partial charge in [0.1, 0.15) is 11.2 Å². The molecule has 10 rings (SSSR count). The van der Waals surface area contributed by atoms with Crippen molar-refractivity contribution in [1.82, 2.24) is 0 Å². The van der Waals surface area contributed by atoms with Gasteiger partial charge < -0.3 is 9.32 Å². The van der Waals surface area contributed by atoms with E-state index in [1.807, 2.05) is 23.5 Å². The number of nitrogens with zero attached hydrogens (tertiary/aromatic N) is 1. The van der Waals surface area contributed by atoms with Crippen LogP contribution in [0.5, 0.6) is 0 Å². The third-order valence-corrected chi connectivity index (χ3v) is 10.9. The Hall–Kier alpha value is -6.16. The molecule has 0 N–H and O–H groups in total. The first kappa shape index (κ1) is 27.9. The zero-order chi connectivity index (χ0) is 32.3. The van der Waals surface area contributed by atoms with Crippen LogP contribution in [0, 0.1) is 0 Å². The van der Waals surface area contributed by atoms with Crippen LogP contribution in [0.2, 0.25) is 0 Å². The Morgan fingerprint density at radius 1 is 0.429 bits per heavy atom. The normalized spacial score (nSPS) is 11.7. The van der Waals surface area contributed by atoms with E-state index in [0.717, 1.165) is 39.0 Å². The molecule has 0 bridgehead atoms. The van der Waals surface area contributed by atoms with E-state index in [9.17, 15) is 0 Å². The van der Waals surface area contributed by atoms with Crippen molar-refractivity contribution in [3.8, 4) is 22.3 Å². The monoisotopic (exact) mass is 643 g/mol. The highest BCUT2D eigenvalue weighted by atomic mass is 32.1. The zero-order valence-corrected chi connectivity index (χ0v) is 27.3. The topological polar surface area (TPSA) is 16.4 Å². The van der Waals surface area contributed by atoms with Gasteiger partial charge in [0.2, 0.25) is 0 Å². The van der Waals surface area contributed by atoms with Crippen LogP contribution in [0.4, 0.5) is 17.1 Å². The molecule has 0 saturated carbocycles. The van der Waals surface area contributed by atoms with Gasteiger partial charge in [0.05, 0.1) is 10.4 Å². The van der Waals surface area contributed by atoms with Crippen molar-refractivity contribution < 1.29 is 4.42 Å². The lowest BCUT2D eigenvalue weighted by Gasteiger charge is -2.27. The van der Waals surface area contributed by atoms with E-state index in [4.69, 9.17) is 4.42 Å². The van der Waals surface area contributed by atoms with E-state index >= 15 is 0 Å². The van der Waals surface area contributed by atoms with Crippen molar-refractivity contribution in [1.29, 1.82) is 0 Å². The van der Waals surface area contributed by atoms with E-state index < -0.39 is 0 Å². The standard InChI is InChI=1S/C46H29NOS/c1-2-11-32(12-3-1)37-26-27-41(46-45(37)40-15-7-9-17-44(40)49-46)47(36-24-25-39-38-14-6-8-16-42(38)48-43(39)29-36)35-22-20-31(21-23-35)34-19-18-30-10-4-5-13-33(30)28-34/h1-29H. The van der Waals surface area contributed by atoms with Crippen LogP contribution in [-0.4, -0.2) is 0 Å². The van der Waals surface area contributed by atoms with Crippen LogP contribution < -0.4 is 4.90 Å². The molecule has 0 spiro atoms. The minimum Gasteiger partial charge on any atom is -0.456 e. The number of thiophene rings is 1. The highest BCUT2D eigenvalue weighted by molar-refractivity contribution is 7.26. The summed E-state index contributed by atoms with van der Waals surface area (Å²) in [6.45, 7) is 0. The molecule has 2 nitrogen and oxygen atoms in total. The Labute approximate surface area is 287 Å². The van der Waals surface area contributed by atoms with Crippen LogP contribution >= 0.6 is 11.3 Å². The largest absolute Gasteiger partial charge is 0.456 e. The van der Waals surface area contributed by atoms with Gasteiger partial charge in [-0.1, -0.05) is 121 Å². The molecule has 2 heterocycles. The molecule has 0 atom stereocenters. The van der Waals surface area contributed by atoms with Crippen molar-refractivity contribution >= 4 is 81.3 Å². The second kappa shape index (κ2) is 11.2. The molecule has 10 aromatic rings. The maximum atomic E-state index is 6.42. The molecule has 0 fully saturated rings. The fraction of sp³-hybridized carbons (Fsp3) is 0. The van der Waals surface area contributed by atoms with Crippen LogP contribution in [-0.2, 0) is 0 Å². The molecule has 0 radical (unpaired) electrons. The van der Waals surface area contributed by atoms with Crippen LogP contribution in [0.15, 0.2) is 180 Å². The molecule has 0 amide bonds. The molecule has 0 aliphatic carbocycles. The summed E-state index contributed by atoms with van der Waals surface area (Å²) in [5.74, 6) is 0. The SMILES string of the molecule is c1ccc(-c2ccc(N(c3ccc(-c4ccc5ccccc5c4)cc3)c3ccc4c(c3)oc3ccccc34)c3sc4ccccc4c23)cc1. The number of rotatable bonds is 5. The molecule has 0 aliphatic heterocycles. The maximum Gasteiger partial charge on any atom is 0.137 e. The van der Waals surface area contributed by atoms with Gasteiger partial charge in [0.15, 0.2) is 0 Å². The number of anilines is 3. The van der Waals surface area contributed by atoms with E-state index in [1.54, 1.807) is 0 Å². The lowest BCUT2D eigenvalue weighted by atomic mass is 9.98. The summed E-state index contributed by atoms with van der Waals surface area (Å²) in [7, 11) is 0. The minimum absolute atomic E-state index is 0.880. The smallest absolute Gasteiger partial charge is 0.137 e. The minimum atomic E-state index is 0.880. The van der Waals surface area contributed by atoms with Crippen molar-refractivity contribution in [2.45, 2.75) is 0 Å². The van der Waals surface area contributed by atoms with E-state index in [2.05, 4.69) is 169 Å². The van der Waals surface area contributed by atoms with Crippen molar-refractivity contribution in [2.24, 2.45) is 0 Å². The number of hydrogen-bond donors (Lipinski definition) is 0. The Balaban J connectivity index is 1.19. The van der Waals surface area contributed by atoms with E-state index in [1.165, 1.54) is 53.2 Å². The lowest BCUT2D eigenvalue weighted by Crippen LogP contribution is -2.10. The highest BCUT2D eigenvalue weighted by Gasteiger charge is 2.22. The summed E-state index contributed by atoms with van der Waals surface area (Å²) in [5, 5.41) is 7.32. The fourth-order valence-electron chi connectivity index (χ4n) is 7.30. The molecule has 0 aliphatic rings. The Bertz CT molecular complexity index is 2830. The van der Waals surface area contributed by atoms with E-state index in [-0.39, 0.29) is 0 Å². The molecular weight excluding hydrogens is 615 g/mol. The Kier molecular flexibility index (Phi) is 6.39. The van der Waals surface area contributed by atoms with Gasteiger partial charge in [-0.2, -0.15) is 0 Å². The Morgan fingerprint density at radius 3 is 2.00 bits per heavy atom. The molecule has 0 unspecified atom stereocenters. The van der Waals surface area contributed by atoms with Gasteiger partial charge in [-0.15, -0.1) is 11.3 Å². The van der Waals surface area contributed by atoms with Gasteiger partial charge in [-0.25, -0.2) is 0 Å². The first-order valence-corrected chi connectivity index (χ1v) is 17.4. The quantitative estimate of drug-likeness (QED) is 0.186. The first-order chi connectivity index (χ1) is 24.3. The molecular formula is C46H29NOS. The predicted octanol–water partition coefficient (Wildman–Crippen LogP) is 13.9. The maximum absolute atomic E-state index is 6.42. The number of para-hydroxylation sites is 1. The number of benzene rings is 8. The number of furan rings is 1. The van der Waals surface area contributed by atoms with Crippen LogP contribution in [0.3, 0.4) is 0 Å². The third kappa shape index (κ3) is 4.62. The molecule has 49 heavy (non-hydrogen) atoms. The number of hydrogen-bond acceptors (Lipinski definition) is 3. The average molecular weight is 644 g/mol. The van der Waals surface area contributed by atoms with Gasteiger partial charge in [0.25, 0.3) is 0 Å². The summed E-state index contributed by atoms with van der Waals surface area (Å²) < 4.78 is 8.95. The van der Waals surface area contributed by atoms with Gasteiger partial charge in [-0.05, 0) is 81.6 Å². The molecule has 8 aromatic carbocycles. The van der Waals surface area contributed by atoms with Gasteiger partial charge >= 0.3 is 0 Å².